The lowest BCUT2D eigenvalue weighted by molar-refractivity contribution is -0.116. The average molecular weight is 352 g/mol. The van der Waals surface area contributed by atoms with Crippen LogP contribution in [0.25, 0.3) is 0 Å². The summed E-state index contributed by atoms with van der Waals surface area (Å²) in [6.07, 6.45) is 1.37. The monoisotopic (exact) mass is 351 g/mol. The minimum Gasteiger partial charge on any atom is -0.496 e. The number of halogens is 1. The van der Waals surface area contributed by atoms with E-state index < -0.39 is 0 Å². The van der Waals surface area contributed by atoms with Crippen molar-refractivity contribution in [2.45, 2.75) is 17.7 Å². The second-order valence-corrected chi connectivity index (χ2v) is 6.57. The number of carbonyl (C=O) groups excluding carboxylic acids is 1. The van der Waals surface area contributed by atoms with E-state index in [0.29, 0.717) is 6.42 Å². The molecule has 1 amide bonds. The minimum atomic E-state index is 0.101. The summed E-state index contributed by atoms with van der Waals surface area (Å²) < 4.78 is 5.23. The first-order valence-corrected chi connectivity index (χ1v) is 8.16. The molecule has 3 rings (SSSR count). The Bertz CT molecular complexity index is 653. The molecule has 0 saturated heterocycles. The smallest absolute Gasteiger partial charge is 0.224 e. The highest BCUT2D eigenvalue weighted by Gasteiger charge is 2.18. The zero-order chi connectivity index (χ0) is 14.1. The maximum Gasteiger partial charge on any atom is 0.224 e. The lowest BCUT2D eigenvalue weighted by Gasteiger charge is -2.18. The van der Waals surface area contributed by atoms with Crippen LogP contribution in [0.2, 0.25) is 0 Å². The molecular weight excluding hydrogens is 338 g/mol. The maximum atomic E-state index is 11.4. The summed E-state index contributed by atoms with van der Waals surface area (Å²) in [5.41, 5.74) is 3.34. The van der Waals surface area contributed by atoms with Gasteiger partial charge in [0.15, 0.2) is 0 Å². The molecule has 2 aromatic rings. The van der Waals surface area contributed by atoms with Gasteiger partial charge in [0.2, 0.25) is 5.91 Å². The van der Waals surface area contributed by atoms with Crippen LogP contribution >= 0.6 is 27.3 Å². The number of thiophene rings is 1. The predicted molar refractivity (Wildman–Crippen MR) is 85.0 cm³/mol. The molecule has 0 spiro atoms. The average Bonchev–Trinajstić information content (AvgIpc) is 2.95. The van der Waals surface area contributed by atoms with Crippen molar-refractivity contribution in [1.82, 2.24) is 0 Å². The van der Waals surface area contributed by atoms with Crippen LogP contribution in [0.1, 0.15) is 27.3 Å². The van der Waals surface area contributed by atoms with Crippen LogP contribution in [0.4, 0.5) is 5.69 Å². The molecule has 5 heteroatoms. The fraction of sp³-hybridized carbons (Fsp3) is 0.267. The summed E-state index contributed by atoms with van der Waals surface area (Å²) in [6, 6.07) is 8.25. The zero-order valence-electron chi connectivity index (χ0n) is 11.0. The Balaban J connectivity index is 1.88. The number of alkyl halides is 1. The Kier molecular flexibility index (Phi) is 3.81. The van der Waals surface area contributed by atoms with Gasteiger partial charge < -0.3 is 10.1 Å². The van der Waals surface area contributed by atoms with Gasteiger partial charge in [-0.1, -0.05) is 28.1 Å². The van der Waals surface area contributed by atoms with E-state index in [1.807, 2.05) is 17.5 Å². The van der Waals surface area contributed by atoms with E-state index in [9.17, 15) is 4.79 Å². The van der Waals surface area contributed by atoms with Gasteiger partial charge in [-0.05, 0) is 29.7 Å². The molecule has 0 aliphatic carbocycles. The summed E-state index contributed by atoms with van der Waals surface area (Å²) in [7, 11) is 1.68. The third kappa shape index (κ3) is 2.60. The highest BCUT2D eigenvalue weighted by molar-refractivity contribution is 9.09. The fourth-order valence-electron chi connectivity index (χ4n) is 2.30. The maximum absolute atomic E-state index is 11.4. The first-order valence-electron chi connectivity index (χ1n) is 6.36. The van der Waals surface area contributed by atoms with Gasteiger partial charge in [0.25, 0.3) is 0 Å². The van der Waals surface area contributed by atoms with Crippen LogP contribution in [0.3, 0.4) is 0 Å². The number of nitrogens with one attached hydrogen (secondary N) is 1. The third-order valence-corrected chi connectivity index (χ3v) is 5.70. The molecule has 104 valence electrons. The number of fused-ring (bicyclic) bond motifs is 1. The molecule has 1 aromatic carbocycles. The number of anilines is 1. The Morgan fingerprint density at radius 2 is 2.20 bits per heavy atom. The number of aryl methyl sites for hydroxylation is 1. The van der Waals surface area contributed by atoms with Crippen molar-refractivity contribution < 1.29 is 9.53 Å². The highest BCUT2D eigenvalue weighted by atomic mass is 79.9. The van der Waals surface area contributed by atoms with E-state index in [-0.39, 0.29) is 10.7 Å². The Labute approximate surface area is 130 Å². The van der Waals surface area contributed by atoms with E-state index >= 15 is 0 Å². The number of benzene rings is 1. The molecule has 20 heavy (non-hydrogen) atoms. The first kappa shape index (κ1) is 13.6. The second kappa shape index (κ2) is 5.58. The zero-order valence-corrected chi connectivity index (χ0v) is 13.4. The molecule has 2 heterocycles. The second-order valence-electron chi connectivity index (χ2n) is 4.72. The van der Waals surface area contributed by atoms with Crippen molar-refractivity contribution in [3.05, 3.63) is 45.6 Å². The van der Waals surface area contributed by atoms with Crippen LogP contribution < -0.4 is 10.1 Å². The van der Waals surface area contributed by atoms with Gasteiger partial charge in [0, 0.05) is 22.4 Å². The van der Waals surface area contributed by atoms with Gasteiger partial charge in [-0.15, -0.1) is 11.3 Å². The van der Waals surface area contributed by atoms with Crippen molar-refractivity contribution in [3.8, 4) is 5.75 Å². The SMILES string of the molecule is COc1csc(C(Br)c2ccc3c(c2)CCC(=O)N3)c1. The van der Waals surface area contributed by atoms with Gasteiger partial charge in [-0.3, -0.25) is 4.79 Å². The van der Waals surface area contributed by atoms with Gasteiger partial charge in [0.05, 0.1) is 11.9 Å². The number of carbonyl (C=O) groups is 1. The van der Waals surface area contributed by atoms with Crippen LogP contribution in [0.5, 0.6) is 5.75 Å². The van der Waals surface area contributed by atoms with Crippen LogP contribution in [0, 0.1) is 0 Å². The molecule has 3 nitrogen and oxygen atoms in total. The van der Waals surface area contributed by atoms with E-state index in [1.165, 1.54) is 16.0 Å². The molecule has 0 radical (unpaired) electrons. The van der Waals surface area contributed by atoms with Crippen LogP contribution in [0.15, 0.2) is 29.6 Å². The van der Waals surface area contributed by atoms with Gasteiger partial charge in [-0.25, -0.2) is 0 Å². The fourth-order valence-corrected chi connectivity index (χ4v) is 3.90. The highest BCUT2D eigenvalue weighted by Crippen LogP contribution is 2.38. The largest absolute Gasteiger partial charge is 0.496 e. The number of hydrogen-bond donors (Lipinski definition) is 1. The quantitative estimate of drug-likeness (QED) is 0.844. The number of amides is 1. The van der Waals surface area contributed by atoms with Gasteiger partial charge in [-0.2, -0.15) is 0 Å². The summed E-state index contributed by atoms with van der Waals surface area (Å²) in [4.78, 5) is 12.7. The summed E-state index contributed by atoms with van der Waals surface area (Å²) in [5, 5.41) is 4.91. The van der Waals surface area contributed by atoms with Crippen molar-refractivity contribution >= 4 is 38.9 Å². The van der Waals surface area contributed by atoms with E-state index in [1.54, 1.807) is 18.4 Å². The summed E-state index contributed by atoms with van der Waals surface area (Å²) in [5.74, 6) is 0.989. The van der Waals surface area contributed by atoms with Crippen molar-refractivity contribution in [1.29, 1.82) is 0 Å². The number of hydrogen-bond acceptors (Lipinski definition) is 3. The lowest BCUT2D eigenvalue weighted by Crippen LogP contribution is -2.19. The summed E-state index contributed by atoms with van der Waals surface area (Å²) >= 11 is 5.42. The third-order valence-electron chi connectivity index (χ3n) is 3.40. The molecule has 1 aliphatic rings. The predicted octanol–water partition coefficient (Wildman–Crippen LogP) is 4.13. The minimum absolute atomic E-state index is 0.101. The molecule has 1 atom stereocenters. The van der Waals surface area contributed by atoms with E-state index in [2.05, 4.69) is 33.4 Å². The van der Waals surface area contributed by atoms with Crippen LogP contribution in [-0.4, -0.2) is 13.0 Å². The standard InChI is InChI=1S/C15H14BrNO2S/c1-19-11-7-13(20-8-11)15(16)10-2-4-12-9(6-10)3-5-14(18)17-12/h2,4,6-8,15H,3,5H2,1H3,(H,17,18). The van der Waals surface area contributed by atoms with Crippen molar-refractivity contribution in [2.75, 3.05) is 12.4 Å². The Morgan fingerprint density at radius 3 is 2.95 bits per heavy atom. The molecular formula is C15H14BrNO2S. The molecule has 0 saturated carbocycles. The van der Waals surface area contributed by atoms with Crippen molar-refractivity contribution in [2.24, 2.45) is 0 Å². The molecule has 0 bridgehead atoms. The normalized spacial score (nSPS) is 15.4. The van der Waals surface area contributed by atoms with E-state index in [0.717, 1.165) is 17.9 Å². The lowest BCUT2D eigenvalue weighted by atomic mass is 9.99. The van der Waals surface area contributed by atoms with Crippen molar-refractivity contribution in [3.63, 3.8) is 0 Å². The Hall–Kier alpha value is -1.33. The molecule has 0 fully saturated rings. The molecule has 1 aliphatic heterocycles. The topological polar surface area (TPSA) is 38.3 Å². The molecule has 1 unspecified atom stereocenters. The number of methoxy groups -OCH3 is 1. The summed E-state index contributed by atoms with van der Waals surface area (Å²) in [6.45, 7) is 0. The number of rotatable bonds is 3. The molecule has 1 aromatic heterocycles. The van der Waals surface area contributed by atoms with Gasteiger partial charge >= 0.3 is 0 Å². The number of ether oxygens (including phenoxy) is 1. The van der Waals surface area contributed by atoms with E-state index in [4.69, 9.17) is 4.74 Å². The Morgan fingerprint density at radius 1 is 1.35 bits per heavy atom. The first-order chi connectivity index (χ1) is 9.67. The van der Waals surface area contributed by atoms with Gasteiger partial charge in [0.1, 0.15) is 5.75 Å². The van der Waals surface area contributed by atoms with Crippen LogP contribution in [-0.2, 0) is 11.2 Å². The molecule has 1 N–H and O–H groups in total.